The Morgan fingerprint density at radius 3 is 2.33 bits per heavy atom. The predicted molar refractivity (Wildman–Crippen MR) is 63.7 cm³/mol. The molecule has 1 N–H and O–H groups in total. The van der Waals surface area contributed by atoms with Gasteiger partial charge in [0.25, 0.3) is 0 Å². The highest BCUT2D eigenvalue weighted by Crippen LogP contribution is 2.53. The molecule has 0 aromatic carbocycles. The third-order valence-electron chi connectivity index (χ3n) is 5.14. The van der Waals surface area contributed by atoms with Crippen LogP contribution < -0.4 is 0 Å². The largest absolute Gasteiger partial charge is 0.389 e. The monoisotopic (exact) mass is 210 g/mol. The summed E-state index contributed by atoms with van der Waals surface area (Å²) in [7, 11) is 0. The lowest BCUT2D eigenvalue weighted by atomic mass is 9.64. The molecule has 0 aromatic rings. The number of hydrogen-bond acceptors (Lipinski definition) is 1. The van der Waals surface area contributed by atoms with E-state index in [2.05, 4.69) is 20.8 Å². The summed E-state index contributed by atoms with van der Waals surface area (Å²) in [4.78, 5) is 0. The Morgan fingerprint density at radius 1 is 1.07 bits per heavy atom. The van der Waals surface area contributed by atoms with Gasteiger partial charge >= 0.3 is 0 Å². The summed E-state index contributed by atoms with van der Waals surface area (Å²) in [5.74, 6) is 1.39. The molecule has 0 radical (unpaired) electrons. The van der Waals surface area contributed by atoms with E-state index < -0.39 is 0 Å². The topological polar surface area (TPSA) is 20.2 Å². The molecule has 2 saturated carbocycles. The van der Waals surface area contributed by atoms with E-state index in [9.17, 15) is 5.11 Å². The zero-order valence-electron chi connectivity index (χ0n) is 10.6. The van der Waals surface area contributed by atoms with E-state index in [-0.39, 0.29) is 11.0 Å². The second-order valence-electron chi connectivity index (χ2n) is 6.63. The van der Waals surface area contributed by atoms with Crippen molar-refractivity contribution in [3.8, 4) is 0 Å². The summed E-state index contributed by atoms with van der Waals surface area (Å²) in [6.07, 6.45) is 8.65. The molecule has 1 nitrogen and oxygen atoms in total. The van der Waals surface area contributed by atoms with Gasteiger partial charge in [-0.25, -0.2) is 0 Å². The smallest absolute Gasteiger partial charge is 0.0726 e. The van der Waals surface area contributed by atoms with E-state index in [0.717, 1.165) is 12.3 Å². The van der Waals surface area contributed by atoms with Gasteiger partial charge in [-0.15, -0.1) is 0 Å². The van der Waals surface area contributed by atoms with Crippen molar-refractivity contribution in [2.45, 2.75) is 71.3 Å². The SMILES string of the molecule is CC1CCCC(C2(O)CCCC2(C)C)C1. The van der Waals surface area contributed by atoms with Crippen LogP contribution in [0.2, 0.25) is 0 Å². The van der Waals surface area contributed by atoms with E-state index >= 15 is 0 Å². The Balaban J connectivity index is 2.14. The maximum absolute atomic E-state index is 11.0. The summed E-state index contributed by atoms with van der Waals surface area (Å²) < 4.78 is 0. The zero-order valence-corrected chi connectivity index (χ0v) is 10.6. The maximum atomic E-state index is 11.0. The molecule has 0 spiro atoms. The van der Waals surface area contributed by atoms with Gasteiger partial charge in [0, 0.05) is 0 Å². The molecule has 0 amide bonds. The second kappa shape index (κ2) is 3.76. The zero-order chi connectivity index (χ0) is 11.1. The standard InChI is InChI=1S/C14H26O/c1-11-6-4-7-12(10-11)14(15)9-5-8-13(14,2)3/h11-12,15H,4-10H2,1-3H3. The minimum Gasteiger partial charge on any atom is -0.389 e. The molecule has 2 aliphatic carbocycles. The highest BCUT2D eigenvalue weighted by molar-refractivity contribution is 5.03. The fourth-order valence-corrected chi connectivity index (χ4v) is 3.98. The van der Waals surface area contributed by atoms with E-state index in [1.165, 1.54) is 38.5 Å². The quantitative estimate of drug-likeness (QED) is 0.699. The van der Waals surface area contributed by atoms with Crippen LogP contribution in [0.15, 0.2) is 0 Å². The summed E-state index contributed by atoms with van der Waals surface area (Å²) in [6, 6.07) is 0. The molecule has 88 valence electrons. The van der Waals surface area contributed by atoms with Gasteiger partial charge in [-0.2, -0.15) is 0 Å². The Morgan fingerprint density at radius 2 is 1.80 bits per heavy atom. The molecular weight excluding hydrogens is 184 g/mol. The van der Waals surface area contributed by atoms with Crippen LogP contribution in [0, 0.1) is 17.3 Å². The molecule has 2 aliphatic rings. The molecule has 0 aromatic heterocycles. The molecule has 3 unspecified atom stereocenters. The maximum Gasteiger partial charge on any atom is 0.0726 e. The van der Waals surface area contributed by atoms with Gasteiger partial charge in [0.2, 0.25) is 0 Å². The predicted octanol–water partition coefficient (Wildman–Crippen LogP) is 3.75. The van der Waals surface area contributed by atoms with E-state index in [1.807, 2.05) is 0 Å². The Kier molecular flexibility index (Phi) is 2.87. The van der Waals surface area contributed by atoms with Crippen LogP contribution in [0.25, 0.3) is 0 Å². The molecule has 2 rings (SSSR count). The van der Waals surface area contributed by atoms with Crippen molar-refractivity contribution in [2.24, 2.45) is 17.3 Å². The van der Waals surface area contributed by atoms with Crippen LogP contribution in [0.1, 0.15) is 65.7 Å². The number of rotatable bonds is 1. The van der Waals surface area contributed by atoms with Gasteiger partial charge in [-0.1, -0.05) is 33.6 Å². The number of hydrogen-bond donors (Lipinski definition) is 1. The van der Waals surface area contributed by atoms with Crippen molar-refractivity contribution in [2.75, 3.05) is 0 Å². The van der Waals surface area contributed by atoms with Crippen molar-refractivity contribution >= 4 is 0 Å². The van der Waals surface area contributed by atoms with Crippen molar-refractivity contribution in [3.05, 3.63) is 0 Å². The minimum atomic E-state index is -0.359. The Bertz CT molecular complexity index is 233. The Hall–Kier alpha value is -0.0400. The van der Waals surface area contributed by atoms with E-state index in [4.69, 9.17) is 0 Å². The van der Waals surface area contributed by atoms with Gasteiger partial charge in [-0.05, 0) is 49.4 Å². The van der Waals surface area contributed by atoms with Crippen LogP contribution >= 0.6 is 0 Å². The Labute approximate surface area is 94.3 Å². The average molecular weight is 210 g/mol. The van der Waals surface area contributed by atoms with Crippen molar-refractivity contribution in [1.82, 2.24) is 0 Å². The highest BCUT2D eigenvalue weighted by atomic mass is 16.3. The minimum absolute atomic E-state index is 0.148. The third-order valence-corrected chi connectivity index (χ3v) is 5.14. The fourth-order valence-electron chi connectivity index (χ4n) is 3.98. The molecule has 2 fully saturated rings. The van der Waals surface area contributed by atoms with Gasteiger partial charge in [-0.3, -0.25) is 0 Å². The van der Waals surface area contributed by atoms with E-state index in [1.54, 1.807) is 0 Å². The van der Waals surface area contributed by atoms with Crippen LogP contribution in [-0.2, 0) is 0 Å². The molecule has 1 heteroatoms. The lowest BCUT2D eigenvalue weighted by Gasteiger charge is -2.46. The first-order chi connectivity index (χ1) is 6.96. The lowest BCUT2D eigenvalue weighted by molar-refractivity contribution is -0.105. The summed E-state index contributed by atoms with van der Waals surface area (Å²) in [5.41, 5.74) is -0.212. The first-order valence-corrected chi connectivity index (χ1v) is 6.68. The van der Waals surface area contributed by atoms with Crippen molar-refractivity contribution in [1.29, 1.82) is 0 Å². The van der Waals surface area contributed by atoms with Crippen LogP contribution in [0.4, 0.5) is 0 Å². The molecule has 0 heterocycles. The van der Waals surface area contributed by atoms with Gasteiger partial charge in [0.1, 0.15) is 0 Å². The van der Waals surface area contributed by atoms with Gasteiger partial charge in [0.05, 0.1) is 5.60 Å². The summed E-state index contributed by atoms with van der Waals surface area (Å²) in [6.45, 7) is 6.87. The summed E-state index contributed by atoms with van der Waals surface area (Å²) >= 11 is 0. The number of aliphatic hydroxyl groups is 1. The first kappa shape index (κ1) is 11.4. The molecule has 3 atom stereocenters. The van der Waals surface area contributed by atoms with Crippen LogP contribution in [-0.4, -0.2) is 10.7 Å². The van der Waals surface area contributed by atoms with Crippen LogP contribution in [0.5, 0.6) is 0 Å². The average Bonchev–Trinajstić information content (AvgIpc) is 2.43. The molecular formula is C14H26O. The normalized spacial score (nSPS) is 45.6. The summed E-state index contributed by atoms with van der Waals surface area (Å²) in [5, 5.41) is 11.0. The highest BCUT2D eigenvalue weighted by Gasteiger charge is 2.52. The first-order valence-electron chi connectivity index (χ1n) is 6.68. The molecule has 0 saturated heterocycles. The molecule has 0 bridgehead atoms. The third kappa shape index (κ3) is 1.84. The van der Waals surface area contributed by atoms with Crippen molar-refractivity contribution in [3.63, 3.8) is 0 Å². The lowest BCUT2D eigenvalue weighted by Crippen LogP contribution is -2.48. The fraction of sp³-hybridized carbons (Fsp3) is 1.00. The van der Waals surface area contributed by atoms with E-state index in [0.29, 0.717) is 5.92 Å². The van der Waals surface area contributed by atoms with Crippen LogP contribution in [0.3, 0.4) is 0 Å². The molecule has 0 aliphatic heterocycles. The van der Waals surface area contributed by atoms with Gasteiger partial charge < -0.3 is 5.11 Å². The molecule has 15 heavy (non-hydrogen) atoms. The second-order valence-corrected chi connectivity index (χ2v) is 6.63. The van der Waals surface area contributed by atoms with Gasteiger partial charge in [0.15, 0.2) is 0 Å². The van der Waals surface area contributed by atoms with Crippen molar-refractivity contribution < 1.29 is 5.11 Å².